The Morgan fingerprint density at radius 3 is 2.45 bits per heavy atom. The van der Waals surface area contributed by atoms with Gasteiger partial charge in [-0.05, 0) is 38.9 Å². The van der Waals surface area contributed by atoms with Crippen LogP contribution in [0.1, 0.15) is 40.5 Å². The number of piperazine rings is 1. The van der Waals surface area contributed by atoms with Gasteiger partial charge in [-0.15, -0.1) is 0 Å². The molecule has 0 aliphatic carbocycles. The van der Waals surface area contributed by atoms with Crippen LogP contribution in [0.25, 0.3) is 11.3 Å². The molecule has 0 bridgehead atoms. The Hall–Kier alpha value is -3.33. The Labute approximate surface area is 193 Å². The number of amides is 1. The smallest absolute Gasteiger partial charge is 0.253 e. The van der Waals surface area contributed by atoms with Gasteiger partial charge in [-0.3, -0.25) is 9.78 Å². The summed E-state index contributed by atoms with van der Waals surface area (Å²) >= 11 is 0. The molecule has 0 saturated carbocycles. The number of likely N-dealkylation sites (tertiary alicyclic amines) is 1. The highest BCUT2D eigenvalue weighted by Crippen LogP contribution is 2.35. The van der Waals surface area contributed by atoms with E-state index in [1.165, 1.54) is 0 Å². The Balaban J connectivity index is 1.38. The molecule has 2 saturated heterocycles. The number of anilines is 1. The van der Waals surface area contributed by atoms with Gasteiger partial charge in [0, 0.05) is 75.4 Å². The Bertz CT molecular complexity index is 1100. The van der Waals surface area contributed by atoms with Gasteiger partial charge < -0.3 is 19.2 Å². The second-order valence-electron chi connectivity index (χ2n) is 8.89. The lowest BCUT2D eigenvalue weighted by Gasteiger charge is -2.34. The van der Waals surface area contributed by atoms with Crippen LogP contribution in [-0.2, 0) is 0 Å². The second-order valence-corrected chi connectivity index (χ2v) is 8.89. The molecule has 9 heteroatoms. The molecule has 0 unspecified atom stereocenters. The summed E-state index contributed by atoms with van der Waals surface area (Å²) in [6.07, 6.45) is 6.88. The molecule has 33 heavy (non-hydrogen) atoms. The molecule has 9 nitrogen and oxygen atoms in total. The van der Waals surface area contributed by atoms with Crippen LogP contribution in [-0.4, -0.2) is 82.1 Å². The minimum Gasteiger partial charge on any atom is -0.356 e. The van der Waals surface area contributed by atoms with E-state index in [-0.39, 0.29) is 11.8 Å². The van der Waals surface area contributed by atoms with E-state index in [1.54, 1.807) is 24.5 Å². The van der Waals surface area contributed by atoms with Gasteiger partial charge in [0.2, 0.25) is 5.95 Å². The highest BCUT2D eigenvalue weighted by Gasteiger charge is 2.29. The predicted molar refractivity (Wildman–Crippen MR) is 124 cm³/mol. The first-order chi connectivity index (χ1) is 16.1. The van der Waals surface area contributed by atoms with Crippen LogP contribution in [0.5, 0.6) is 0 Å². The summed E-state index contributed by atoms with van der Waals surface area (Å²) in [7, 11) is 2.14. The fraction of sp³-hybridized carbons (Fsp3) is 0.458. The second kappa shape index (κ2) is 9.27. The lowest BCUT2D eigenvalue weighted by molar-refractivity contribution is 0.0712. The van der Waals surface area contributed by atoms with E-state index in [9.17, 15) is 4.79 Å². The van der Waals surface area contributed by atoms with Crippen LogP contribution >= 0.6 is 0 Å². The van der Waals surface area contributed by atoms with Crippen molar-refractivity contribution >= 4 is 11.9 Å². The number of hydrogen-bond acceptors (Lipinski definition) is 8. The van der Waals surface area contributed by atoms with Gasteiger partial charge in [0.1, 0.15) is 0 Å². The number of rotatable bonds is 4. The number of likely N-dealkylation sites (N-methyl/N-ethyl adjacent to an activating group) is 1. The molecule has 0 spiro atoms. The van der Waals surface area contributed by atoms with Crippen LogP contribution in [0.4, 0.5) is 5.95 Å². The van der Waals surface area contributed by atoms with E-state index in [2.05, 4.69) is 32.0 Å². The van der Waals surface area contributed by atoms with Crippen LogP contribution in [0, 0.1) is 6.92 Å². The predicted octanol–water partition coefficient (Wildman–Crippen LogP) is 2.61. The largest absolute Gasteiger partial charge is 0.356 e. The van der Waals surface area contributed by atoms with Crippen molar-refractivity contribution in [2.75, 3.05) is 51.2 Å². The SMILES string of the molecule is Cc1cc(-c2cnc(N3CCN(C)CC3)nc2C2CCN(C(=O)c3ccncc3)CC2)on1. The van der Waals surface area contributed by atoms with Gasteiger partial charge in [-0.25, -0.2) is 9.97 Å². The maximum absolute atomic E-state index is 12.9. The van der Waals surface area contributed by atoms with E-state index in [4.69, 9.17) is 9.51 Å². The van der Waals surface area contributed by atoms with Gasteiger partial charge >= 0.3 is 0 Å². The molecule has 3 aromatic heterocycles. The average molecular weight is 448 g/mol. The Morgan fingerprint density at radius 1 is 1.06 bits per heavy atom. The standard InChI is InChI=1S/C24H29N7O2/c1-17-15-21(33-28-17)20-16-26-24(31-13-11-29(2)12-14-31)27-22(20)18-5-9-30(10-6-18)23(32)19-3-7-25-8-4-19/h3-4,7-8,15-16,18H,5-6,9-14H2,1-2H3. The first-order valence-corrected chi connectivity index (χ1v) is 11.5. The van der Waals surface area contributed by atoms with E-state index < -0.39 is 0 Å². The first-order valence-electron chi connectivity index (χ1n) is 11.5. The van der Waals surface area contributed by atoms with Crippen molar-refractivity contribution in [2.24, 2.45) is 0 Å². The average Bonchev–Trinajstić information content (AvgIpc) is 3.30. The molecule has 172 valence electrons. The van der Waals surface area contributed by atoms with E-state index in [0.29, 0.717) is 24.4 Å². The Kier molecular flexibility index (Phi) is 6.04. The van der Waals surface area contributed by atoms with Gasteiger partial charge in [0.05, 0.1) is 17.0 Å². The molecule has 2 aliphatic rings. The third-order valence-corrected chi connectivity index (χ3v) is 6.58. The molecule has 0 radical (unpaired) electrons. The van der Waals surface area contributed by atoms with E-state index in [1.807, 2.05) is 24.1 Å². The van der Waals surface area contributed by atoms with Crippen molar-refractivity contribution in [3.8, 4) is 11.3 Å². The molecule has 5 heterocycles. The maximum atomic E-state index is 12.9. The number of aromatic nitrogens is 4. The normalized spacial score (nSPS) is 18.0. The lowest BCUT2D eigenvalue weighted by atomic mass is 9.90. The van der Waals surface area contributed by atoms with Crippen LogP contribution in [0.2, 0.25) is 0 Å². The number of nitrogens with zero attached hydrogens (tertiary/aromatic N) is 7. The highest BCUT2D eigenvalue weighted by atomic mass is 16.5. The monoisotopic (exact) mass is 447 g/mol. The summed E-state index contributed by atoms with van der Waals surface area (Å²) < 4.78 is 5.58. The van der Waals surface area contributed by atoms with Gasteiger partial charge in [0.15, 0.2) is 5.76 Å². The molecule has 1 amide bonds. The third kappa shape index (κ3) is 4.59. The number of piperidine rings is 1. The van der Waals surface area contributed by atoms with Crippen molar-refractivity contribution in [3.05, 3.63) is 53.7 Å². The van der Waals surface area contributed by atoms with Crippen molar-refractivity contribution in [2.45, 2.75) is 25.7 Å². The van der Waals surface area contributed by atoms with Crippen LogP contribution in [0.15, 0.2) is 41.3 Å². The van der Waals surface area contributed by atoms with Crippen molar-refractivity contribution in [1.82, 2.24) is 29.9 Å². The summed E-state index contributed by atoms with van der Waals surface area (Å²) in [5, 5.41) is 4.06. The molecular weight excluding hydrogens is 418 g/mol. The molecular formula is C24H29N7O2. The fourth-order valence-electron chi connectivity index (χ4n) is 4.57. The Morgan fingerprint density at radius 2 is 1.79 bits per heavy atom. The van der Waals surface area contributed by atoms with E-state index in [0.717, 1.165) is 61.9 Å². The highest BCUT2D eigenvalue weighted by molar-refractivity contribution is 5.94. The van der Waals surface area contributed by atoms with Crippen LogP contribution in [0.3, 0.4) is 0 Å². The molecule has 0 N–H and O–H groups in total. The maximum Gasteiger partial charge on any atom is 0.253 e. The van der Waals surface area contributed by atoms with Gasteiger partial charge in [-0.2, -0.15) is 0 Å². The molecule has 2 fully saturated rings. The van der Waals surface area contributed by atoms with Crippen LogP contribution < -0.4 is 4.90 Å². The molecule has 0 aromatic carbocycles. The van der Waals surface area contributed by atoms with Gasteiger partial charge in [-0.1, -0.05) is 5.16 Å². The van der Waals surface area contributed by atoms with Crippen molar-refractivity contribution in [1.29, 1.82) is 0 Å². The van der Waals surface area contributed by atoms with Crippen molar-refractivity contribution in [3.63, 3.8) is 0 Å². The number of carbonyl (C=O) groups excluding carboxylic acids is 1. The van der Waals surface area contributed by atoms with E-state index >= 15 is 0 Å². The molecule has 0 atom stereocenters. The summed E-state index contributed by atoms with van der Waals surface area (Å²) in [6, 6.07) is 5.47. The first kappa shape index (κ1) is 21.5. The molecule has 5 rings (SSSR count). The zero-order chi connectivity index (χ0) is 22.8. The minimum atomic E-state index is 0.0581. The summed E-state index contributed by atoms with van der Waals surface area (Å²) in [4.78, 5) is 33.1. The fourth-order valence-corrected chi connectivity index (χ4v) is 4.57. The number of aryl methyl sites for hydroxylation is 1. The quantitative estimate of drug-likeness (QED) is 0.603. The summed E-state index contributed by atoms with van der Waals surface area (Å²) in [5.41, 5.74) is 3.40. The lowest BCUT2D eigenvalue weighted by Crippen LogP contribution is -2.45. The molecule has 2 aliphatic heterocycles. The third-order valence-electron chi connectivity index (χ3n) is 6.58. The number of pyridine rings is 1. The molecule has 3 aromatic rings. The van der Waals surface area contributed by atoms with Gasteiger partial charge in [0.25, 0.3) is 5.91 Å². The summed E-state index contributed by atoms with van der Waals surface area (Å²) in [6.45, 7) is 7.11. The van der Waals surface area contributed by atoms with Crippen molar-refractivity contribution < 1.29 is 9.32 Å². The summed E-state index contributed by atoms with van der Waals surface area (Å²) in [5.74, 6) is 1.75. The zero-order valence-corrected chi connectivity index (χ0v) is 19.1. The number of carbonyl (C=O) groups is 1. The number of hydrogen-bond donors (Lipinski definition) is 0. The topological polar surface area (TPSA) is 91.5 Å². The zero-order valence-electron chi connectivity index (χ0n) is 19.1. The minimum absolute atomic E-state index is 0.0581.